The summed E-state index contributed by atoms with van der Waals surface area (Å²) in [6, 6.07) is 0. The zero-order chi connectivity index (χ0) is 7.56. The van der Waals surface area contributed by atoms with E-state index in [1.807, 2.05) is 5.32 Å². The minimum atomic E-state index is -0.548. The molecule has 0 fully saturated rings. The van der Waals surface area contributed by atoms with Gasteiger partial charge in [-0.25, -0.2) is 4.79 Å². The maximum absolute atomic E-state index is 10.6. The van der Waals surface area contributed by atoms with Gasteiger partial charge in [0.05, 0.1) is 5.57 Å². The van der Waals surface area contributed by atoms with Gasteiger partial charge in [-0.3, -0.25) is 14.9 Å². The normalized spacial score (nSPS) is 15.8. The zero-order valence-electron chi connectivity index (χ0n) is 4.88. The van der Waals surface area contributed by atoms with Gasteiger partial charge >= 0.3 is 0 Å². The smallest absolute Gasteiger partial charge is 0.259 e. The van der Waals surface area contributed by atoms with Gasteiger partial charge in [0.25, 0.3) is 11.8 Å². The fraction of sp³-hybridized carbons (Fsp3) is 0. The fourth-order valence-corrected chi connectivity index (χ4v) is 0.598. The molecule has 1 heterocycles. The average Bonchev–Trinajstić information content (AvgIpc) is 2.13. The third kappa shape index (κ3) is 1.01. The van der Waals surface area contributed by atoms with Gasteiger partial charge in [-0.2, -0.15) is 0 Å². The summed E-state index contributed by atoms with van der Waals surface area (Å²) in [5, 5.41) is 1.97. The number of rotatable bonds is 1. The van der Waals surface area contributed by atoms with Crippen LogP contribution in [-0.4, -0.2) is 17.8 Å². The summed E-state index contributed by atoms with van der Waals surface area (Å²) in [5.74, 6) is 0.362. The van der Waals surface area contributed by atoms with E-state index in [9.17, 15) is 14.4 Å². The summed E-state index contributed by atoms with van der Waals surface area (Å²) in [7, 11) is 0. The first kappa shape index (κ1) is 6.45. The number of carbonyl (C=O) groups is 2. The van der Waals surface area contributed by atoms with Gasteiger partial charge in [0.1, 0.15) is 5.94 Å². The molecule has 0 spiro atoms. The van der Waals surface area contributed by atoms with Crippen molar-refractivity contribution in [2.24, 2.45) is 0 Å². The van der Waals surface area contributed by atoms with E-state index in [1.165, 1.54) is 5.94 Å². The minimum Gasteiger partial charge on any atom is -0.289 e. The van der Waals surface area contributed by atoms with E-state index in [0.29, 0.717) is 0 Å². The first-order valence-electron chi connectivity index (χ1n) is 2.52. The van der Waals surface area contributed by atoms with Crippen LogP contribution in [0, 0.1) is 0 Å². The highest BCUT2D eigenvalue weighted by Crippen LogP contribution is 2.00. The number of hydrogen-bond acceptors (Lipinski definition) is 3. The summed E-state index contributed by atoms with van der Waals surface area (Å²) in [6.07, 6.45) is 1.97. The third-order valence-corrected chi connectivity index (χ3v) is 1.000. The van der Waals surface area contributed by atoms with Crippen LogP contribution in [0.3, 0.4) is 0 Å². The van der Waals surface area contributed by atoms with Gasteiger partial charge in [-0.05, 0) is 0 Å². The Morgan fingerprint density at radius 3 is 2.60 bits per heavy atom. The molecule has 10 heavy (non-hydrogen) atoms. The highest BCUT2D eigenvalue weighted by atomic mass is 16.2. The Morgan fingerprint density at radius 2 is 2.20 bits per heavy atom. The van der Waals surface area contributed by atoms with E-state index in [1.54, 1.807) is 0 Å². The standard InChI is InChI=1S/C6H3NO3/c8-2-1-4-3-5(9)7-6(4)10/h1,3H,(H,7,9,10). The SMILES string of the molecule is O=C=CC1=CC(=O)NC1=O. The molecule has 0 saturated heterocycles. The molecule has 1 aliphatic rings. The van der Waals surface area contributed by atoms with Gasteiger partial charge in [-0.1, -0.05) is 0 Å². The van der Waals surface area contributed by atoms with Gasteiger partial charge in [-0.15, -0.1) is 0 Å². The van der Waals surface area contributed by atoms with Crippen LogP contribution in [0.4, 0.5) is 0 Å². The second kappa shape index (κ2) is 2.29. The lowest BCUT2D eigenvalue weighted by atomic mass is 10.3. The maximum atomic E-state index is 10.6. The predicted molar refractivity (Wildman–Crippen MR) is 31.5 cm³/mol. The summed E-state index contributed by atoms with van der Waals surface area (Å²) in [5.41, 5.74) is 0.0556. The molecule has 0 radical (unpaired) electrons. The molecule has 0 aromatic carbocycles. The molecule has 1 rings (SSSR count). The van der Waals surface area contributed by atoms with Crippen LogP contribution in [0.5, 0.6) is 0 Å². The van der Waals surface area contributed by atoms with Crippen LogP contribution in [0.2, 0.25) is 0 Å². The predicted octanol–water partition coefficient (Wildman–Crippen LogP) is -1.04. The van der Waals surface area contributed by atoms with Crippen molar-refractivity contribution >= 4 is 17.8 Å². The van der Waals surface area contributed by atoms with Gasteiger partial charge in [0.2, 0.25) is 0 Å². The van der Waals surface area contributed by atoms with Crippen molar-refractivity contribution < 1.29 is 14.4 Å². The van der Waals surface area contributed by atoms with Gasteiger partial charge < -0.3 is 0 Å². The van der Waals surface area contributed by atoms with Crippen LogP contribution < -0.4 is 5.32 Å². The molecule has 1 N–H and O–H groups in total. The summed E-state index contributed by atoms with van der Waals surface area (Å²) in [4.78, 5) is 30.6. The van der Waals surface area contributed by atoms with Crippen molar-refractivity contribution in [3.63, 3.8) is 0 Å². The van der Waals surface area contributed by atoms with E-state index in [4.69, 9.17) is 0 Å². The molecule has 0 bridgehead atoms. The van der Waals surface area contributed by atoms with Crippen LogP contribution in [0.25, 0.3) is 0 Å². The Kier molecular flexibility index (Phi) is 1.48. The lowest BCUT2D eigenvalue weighted by Gasteiger charge is -1.85. The quantitative estimate of drug-likeness (QED) is 0.370. The Hall–Kier alpha value is -1.67. The topological polar surface area (TPSA) is 63.2 Å². The molecule has 0 unspecified atom stereocenters. The fourth-order valence-electron chi connectivity index (χ4n) is 0.598. The molecule has 0 aliphatic carbocycles. The number of carbonyl (C=O) groups excluding carboxylic acids is 3. The summed E-state index contributed by atoms with van der Waals surface area (Å²) >= 11 is 0. The molecular weight excluding hydrogens is 134 g/mol. The first-order valence-corrected chi connectivity index (χ1v) is 2.52. The zero-order valence-corrected chi connectivity index (χ0v) is 4.88. The Bertz CT molecular complexity index is 271. The number of imide groups is 1. The Labute approximate surface area is 56.2 Å². The average molecular weight is 137 g/mol. The first-order chi connectivity index (χ1) is 4.74. The third-order valence-electron chi connectivity index (χ3n) is 1.000. The molecule has 50 valence electrons. The van der Waals surface area contributed by atoms with Crippen LogP contribution in [0.1, 0.15) is 0 Å². The molecule has 4 nitrogen and oxygen atoms in total. The molecule has 4 heteroatoms. The lowest BCUT2D eigenvalue weighted by Crippen LogP contribution is -2.21. The minimum absolute atomic E-state index is 0.0556. The maximum Gasteiger partial charge on any atom is 0.259 e. The second-order valence-corrected chi connectivity index (χ2v) is 1.68. The van der Waals surface area contributed by atoms with Crippen molar-refractivity contribution in [3.05, 3.63) is 17.7 Å². The van der Waals surface area contributed by atoms with Crippen molar-refractivity contribution in [1.82, 2.24) is 5.32 Å². The van der Waals surface area contributed by atoms with E-state index in [2.05, 4.69) is 0 Å². The molecule has 0 atom stereocenters. The van der Waals surface area contributed by atoms with Crippen molar-refractivity contribution in [2.75, 3.05) is 0 Å². The largest absolute Gasteiger partial charge is 0.289 e. The molecular formula is C6H3NO3. The van der Waals surface area contributed by atoms with Crippen LogP contribution in [-0.2, 0) is 14.4 Å². The van der Waals surface area contributed by atoms with Gasteiger partial charge in [0, 0.05) is 12.2 Å². The summed E-state index contributed by atoms with van der Waals surface area (Å²) in [6.45, 7) is 0. The van der Waals surface area contributed by atoms with Crippen molar-refractivity contribution in [1.29, 1.82) is 0 Å². The Balaban J connectivity index is 2.95. The molecule has 0 aromatic rings. The van der Waals surface area contributed by atoms with E-state index in [0.717, 1.165) is 12.2 Å². The number of amides is 2. The molecule has 0 aromatic heterocycles. The summed E-state index contributed by atoms with van der Waals surface area (Å²) < 4.78 is 0. The highest BCUT2D eigenvalue weighted by molar-refractivity contribution is 6.18. The lowest BCUT2D eigenvalue weighted by molar-refractivity contribution is -0.123. The van der Waals surface area contributed by atoms with Crippen LogP contribution >= 0.6 is 0 Å². The number of nitrogens with one attached hydrogen (secondary N) is 1. The van der Waals surface area contributed by atoms with E-state index in [-0.39, 0.29) is 5.57 Å². The molecule has 0 saturated carbocycles. The monoisotopic (exact) mass is 137 g/mol. The van der Waals surface area contributed by atoms with Gasteiger partial charge in [0.15, 0.2) is 0 Å². The van der Waals surface area contributed by atoms with E-state index >= 15 is 0 Å². The van der Waals surface area contributed by atoms with Crippen LogP contribution in [0.15, 0.2) is 17.7 Å². The van der Waals surface area contributed by atoms with Crippen molar-refractivity contribution in [3.8, 4) is 0 Å². The second-order valence-electron chi connectivity index (χ2n) is 1.68. The molecule has 1 aliphatic heterocycles. The highest BCUT2D eigenvalue weighted by Gasteiger charge is 2.17. The number of hydrogen-bond donors (Lipinski definition) is 1. The Morgan fingerprint density at radius 1 is 1.50 bits per heavy atom. The molecule has 2 amide bonds. The van der Waals surface area contributed by atoms with Crippen molar-refractivity contribution in [2.45, 2.75) is 0 Å². The van der Waals surface area contributed by atoms with E-state index < -0.39 is 11.8 Å².